The molecule has 6 aromatic rings. The third-order valence-corrected chi connectivity index (χ3v) is 13.9. The van der Waals surface area contributed by atoms with E-state index in [1.165, 1.54) is 5.56 Å². The van der Waals surface area contributed by atoms with Crippen molar-refractivity contribution in [2.45, 2.75) is 95.4 Å². The molecule has 0 radical (unpaired) electrons. The lowest BCUT2D eigenvalue weighted by Crippen LogP contribution is -2.60. The molecule has 1 saturated carbocycles. The molecule has 68 heavy (non-hydrogen) atoms. The Morgan fingerprint density at radius 1 is 0.765 bits per heavy atom. The molecule has 0 bridgehead atoms. The number of carbonyl (C=O) groups is 3. The number of amides is 3. The first-order chi connectivity index (χ1) is 33.3. The number of fused-ring (bicyclic) bond motifs is 5. The van der Waals surface area contributed by atoms with Crippen molar-refractivity contribution in [1.82, 2.24) is 35.8 Å². The molecule has 0 spiro atoms. The third-order valence-electron chi connectivity index (χ3n) is 13.9. The molecule has 3 aliphatic rings. The number of hydrogen-bond donors (Lipinski definition) is 4. The van der Waals surface area contributed by atoms with Gasteiger partial charge in [-0.25, -0.2) is 4.98 Å². The number of nitrogens with zero attached hydrogens (tertiary/aromatic N) is 3. The van der Waals surface area contributed by atoms with Crippen LogP contribution in [0.15, 0.2) is 97.5 Å². The summed E-state index contributed by atoms with van der Waals surface area (Å²) < 4.78 is 23.5. The van der Waals surface area contributed by atoms with Gasteiger partial charge in [0.1, 0.15) is 31.0 Å². The molecule has 3 amide bonds. The zero-order chi connectivity index (χ0) is 46.8. The van der Waals surface area contributed by atoms with Crippen LogP contribution in [0.2, 0.25) is 0 Å². The van der Waals surface area contributed by atoms with Crippen molar-refractivity contribution >= 4 is 39.5 Å². The summed E-state index contributed by atoms with van der Waals surface area (Å²) in [5, 5.41) is 11.7. The second kappa shape index (κ2) is 22.2. The van der Waals surface area contributed by atoms with Gasteiger partial charge in [0.05, 0.1) is 38.5 Å². The Kier molecular flexibility index (Phi) is 15.2. The van der Waals surface area contributed by atoms with Gasteiger partial charge in [-0.05, 0) is 110 Å². The normalized spacial score (nSPS) is 18.1. The maximum absolute atomic E-state index is 14.9. The van der Waals surface area contributed by atoms with Gasteiger partial charge in [0.25, 0.3) is 0 Å². The van der Waals surface area contributed by atoms with Crippen molar-refractivity contribution in [2.24, 2.45) is 5.92 Å². The fourth-order valence-corrected chi connectivity index (χ4v) is 10.0. The lowest BCUT2D eigenvalue weighted by Gasteiger charge is -2.41. The molecule has 3 aromatic carbocycles. The van der Waals surface area contributed by atoms with Crippen molar-refractivity contribution in [3.8, 4) is 22.8 Å². The summed E-state index contributed by atoms with van der Waals surface area (Å²) in [5.74, 6) is 0.573. The third kappa shape index (κ3) is 11.0. The van der Waals surface area contributed by atoms with Gasteiger partial charge in [-0.1, -0.05) is 61.7 Å². The van der Waals surface area contributed by atoms with Crippen molar-refractivity contribution in [2.75, 3.05) is 46.7 Å². The number of carbonyl (C=O) groups excluding carboxylic acids is 3. The highest BCUT2D eigenvalue weighted by molar-refractivity contribution is 6.07. The predicted octanol–water partition coefficient (Wildman–Crippen LogP) is 7.39. The van der Waals surface area contributed by atoms with E-state index in [4.69, 9.17) is 18.9 Å². The fraction of sp³-hybridized carbons (Fsp3) is 0.426. The number of pyridine rings is 2. The van der Waals surface area contributed by atoms with Crippen molar-refractivity contribution < 1.29 is 33.3 Å². The first-order valence-corrected chi connectivity index (χ1v) is 24.3. The molecule has 4 heterocycles. The molecule has 3 aromatic heterocycles. The minimum absolute atomic E-state index is 0.00723. The summed E-state index contributed by atoms with van der Waals surface area (Å²) in [5.41, 5.74) is 8.49. The summed E-state index contributed by atoms with van der Waals surface area (Å²) in [4.78, 5) is 56.6. The van der Waals surface area contributed by atoms with Gasteiger partial charge in [0.2, 0.25) is 23.6 Å². The number of H-pyrrole nitrogens is 1. The average Bonchev–Trinajstić information content (AvgIpc) is 3.76. The van der Waals surface area contributed by atoms with Gasteiger partial charge in [-0.2, -0.15) is 0 Å². The second-order valence-corrected chi connectivity index (χ2v) is 18.3. The molecule has 0 unspecified atom stereocenters. The molecule has 356 valence electrons. The lowest BCUT2D eigenvalue weighted by molar-refractivity contribution is -0.146. The molecule has 2 aliphatic carbocycles. The van der Waals surface area contributed by atoms with Crippen LogP contribution in [0, 0.1) is 5.92 Å². The van der Waals surface area contributed by atoms with Gasteiger partial charge >= 0.3 is 0 Å². The summed E-state index contributed by atoms with van der Waals surface area (Å²) in [6, 6.07) is 24.3. The van der Waals surface area contributed by atoms with Crippen LogP contribution >= 0.6 is 0 Å². The van der Waals surface area contributed by atoms with Gasteiger partial charge in [0, 0.05) is 65.0 Å². The molecule has 4 N–H and O–H groups in total. The van der Waals surface area contributed by atoms with Crippen molar-refractivity contribution in [3.05, 3.63) is 120 Å². The number of rotatable bonds is 19. The lowest BCUT2D eigenvalue weighted by atomic mass is 9.82. The monoisotopic (exact) mass is 921 g/mol. The van der Waals surface area contributed by atoms with E-state index in [9.17, 15) is 14.4 Å². The Labute approximate surface area is 397 Å². The number of aryl methyl sites for hydroxylation is 1. The Balaban J connectivity index is 0.756. The van der Waals surface area contributed by atoms with Gasteiger partial charge in [-0.15, -0.1) is 0 Å². The van der Waals surface area contributed by atoms with Crippen molar-refractivity contribution in [1.29, 1.82) is 0 Å². The van der Waals surface area contributed by atoms with Crippen LogP contribution in [0.3, 0.4) is 0 Å². The average molecular weight is 922 g/mol. The van der Waals surface area contributed by atoms with Gasteiger partial charge < -0.3 is 44.8 Å². The molecular formula is C54H63N7O7. The van der Waals surface area contributed by atoms with E-state index in [1.54, 1.807) is 25.1 Å². The number of hydrogen-bond acceptors (Lipinski definition) is 10. The molecule has 9 rings (SSSR count). The van der Waals surface area contributed by atoms with E-state index >= 15 is 0 Å². The van der Waals surface area contributed by atoms with Crippen LogP contribution in [-0.4, -0.2) is 102 Å². The van der Waals surface area contributed by atoms with E-state index in [0.29, 0.717) is 57.7 Å². The highest BCUT2D eigenvalue weighted by atomic mass is 16.6. The predicted molar refractivity (Wildman–Crippen MR) is 261 cm³/mol. The number of nitrogens with one attached hydrogen (secondary N) is 4. The van der Waals surface area contributed by atoms with Crippen LogP contribution in [0.5, 0.6) is 11.6 Å². The molecular weight excluding hydrogens is 859 g/mol. The Hall–Kier alpha value is -6.35. The first-order valence-electron chi connectivity index (χ1n) is 24.3. The standard InChI is InChI=1S/C54H63N7O7/c1-35(55-2)52(62)60-51(37-10-4-3-5-11-37)54(64)61-34-41-29-42(18-15-39(41)31-49(61)53(63)59-46-14-8-12-36-9-6-7-13-43(36)46)67-27-25-65-23-24-66-26-28-68-50-20-17-40(32-57-50)38-16-19-44-45-33-56-22-21-47(45)58-48(44)30-38/h6-7,9,13,15-22,29-30,32-33,35,37,46,49,51,55,58H,3-5,8,10-12,14,23-28,31,34H2,1-2H3,(H,59,63)(H,60,62)/t35-,46-,49+,51-/m0/s1. The van der Waals surface area contributed by atoms with Crippen LogP contribution in [0.4, 0.5) is 0 Å². The van der Waals surface area contributed by atoms with Crippen LogP contribution in [0.25, 0.3) is 32.9 Å². The van der Waals surface area contributed by atoms with E-state index in [1.807, 2.05) is 60.9 Å². The van der Waals surface area contributed by atoms with E-state index < -0.39 is 18.1 Å². The zero-order valence-electron chi connectivity index (χ0n) is 39.1. The molecule has 14 heteroatoms. The van der Waals surface area contributed by atoms with Crippen LogP contribution in [-0.2, 0) is 43.2 Å². The summed E-state index contributed by atoms with van der Waals surface area (Å²) in [6.45, 7) is 4.26. The first kappa shape index (κ1) is 46.7. The maximum Gasteiger partial charge on any atom is 0.246 e. The highest BCUT2D eigenvalue weighted by Gasteiger charge is 2.42. The Morgan fingerprint density at radius 2 is 1.56 bits per heavy atom. The molecule has 14 nitrogen and oxygen atoms in total. The van der Waals surface area contributed by atoms with E-state index in [0.717, 1.165) is 101 Å². The summed E-state index contributed by atoms with van der Waals surface area (Å²) in [7, 11) is 1.73. The number of ether oxygens (including phenoxy) is 4. The second-order valence-electron chi connectivity index (χ2n) is 18.3. The van der Waals surface area contributed by atoms with Crippen LogP contribution < -0.4 is 25.4 Å². The van der Waals surface area contributed by atoms with Gasteiger partial charge in [0.15, 0.2) is 0 Å². The number of aromatic nitrogens is 3. The van der Waals surface area contributed by atoms with E-state index in [2.05, 4.69) is 61.2 Å². The summed E-state index contributed by atoms with van der Waals surface area (Å²) in [6.07, 6.45) is 13.5. The van der Waals surface area contributed by atoms with Crippen molar-refractivity contribution in [3.63, 3.8) is 0 Å². The molecule has 1 fully saturated rings. The Bertz CT molecular complexity index is 2680. The Morgan fingerprint density at radius 3 is 2.37 bits per heavy atom. The zero-order valence-corrected chi connectivity index (χ0v) is 39.1. The number of aromatic amines is 1. The quantitative estimate of drug-likeness (QED) is 0.0602. The molecule has 1 aliphatic heterocycles. The fourth-order valence-electron chi connectivity index (χ4n) is 10.0. The topological polar surface area (TPSA) is 169 Å². The van der Waals surface area contributed by atoms with Crippen LogP contribution in [0.1, 0.15) is 80.2 Å². The molecule has 4 atom stereocenters. The van der Waals surface area contributed by atoms with E-state index in [-0.39, 0.29) is 36.2 Å². The maximum atomic E-state index is 14.9. The number of likely N-dealkylation sites (N-methyl/N-ethyl adjacent to an activating group) is 1. The smallest absolute Gasteiger partial charge is 0.246 e. The summed E-state index contributed by atoms with van der Waals surface area (Å²) >= 11 is 0. The largest absolute Gasteiger partial charge is 0.491 e. The minimum atomic E-state index is -0.733. The highest BCUT2D eigenvalue weighted by Crippen LogP contribution is 2.35. The SMILES string of the molecule is CN[C@@H](C)C(=O)N[C@H](C(=O)N1Cc2cc(OCCOCCOCCOc3ccc(-c4ccc5c(c4)[nH]c4ccncc45)cn3)ccc2C[C@@H]1C(=O)N[C@H]1CCCc2ccccc21)C1CCCCC1. The number of benzene rings is 3. The van der Waals surface area contributed by atoms with Gasteiger partial charge in [-0.3, -0.25) is 19.4 Å². The minimum Gasteiger partial charge on any atom is -0.491 e. The molecule has 0 saturated heterocycles.